The Bertz CT molecular complexity index is 1340. The van der Waals surface area contributed by atoms with E-state index in [9.17, 15) is 9.59 Å². The fourth-order valence-corrected chi connectivity index (χ4v) is 5.50. The van der Waals surface area contributed by atoms with Gasteiger partial charge in [0.25, 0.3) is 0 Å². The number of rotatable bonds is 4. The molecule has 0 saturated carbocycles. The van der Waals surface area contributed by atoms with E-state index in [1.54, 1.807) is 6.07 Å². The molecular weight excluding hydrogens is 412 g/mol. The van der Waals surface area contributed by atoms with Crippen LogP contribution in [0.1, 0.15) is 40.5 Å². The highest BCUT2D eigenvalue weighted by molar-refractivity contribution is 5.85. The van der Waals surface area contributed by atoms with Gasteiger partial charge in [-0.15, -0.1) is 0 Å². The molecule has 7 rings (SSSR count). The molecule has 0 N–H and O–H groups in total. The molecule has 3 aliphatic carbocycles. The molecule has 1 unspecified atom stereocenters. The second-order valence-electron chi connectivity index (χ2n) is 8.72. The Hall–Kier alpha value is -3.92. The summed E-state index contributed by atoms with van der Waals surface area (Å²) in [6, 6.07) is 30.0. The maximum Gasteiger partial charge on any atom is 0.349 e. The average molecular weight is 434 g/mol. The number of carbonyl (C=O) groups excluding carboxylic acids is 2. The minimum absolute atomic E-state index is 0.0496. The predicted molar refractivity (Wildman–Crippen MR) is 125 cm³/mol. The molecule has 33 heavy (non-hydrogen) atoms. The highest BCUT2D eigenvalue weighted by Crippen LogP contribution is 2.55. The Morgan fingerprint density at radius 3 is 2.03 bits per heavy atom. The normalized spacial score (nSPS) is 20.1. The molecule has 0 radical (unpaired) electrons. The van der Waals surface area contributed by atoms with Gasteiger partial charge in [-0.2, -0.15) is 0 Å². The topological polar surface area (TPSA) is 52.6 Å². The summed E-state index contributed by atoms with van der Waals surface area (Å²) >= 11 is 0. The Morgan fingerprint density at radius 2 is 1.33 bits per heavy atom. The van der Waals surface area contributed by atoms with Crippen LogP contribution in [-0.4, -0.2) is 18.5 Å². The number of carbonyl (C=O) groups is 2. The SMILES string of the molecule is O=C(COC(=O)C1CC2c3ccccc3C1c1ccccc12)Oc1ccc2ccccc2c1. The van der Waals surface area contributed by atoms with E-state index in [0.29, 0.717) is 12.2 Å². The molecule has 4 heteroatoms. The summed E-state index contributed by atoms with van der Waals surface area (Å²) in [5, 5.41) is 2.05. The van der Waals surface area contributed by atoms with E-state index in [1.807, 2.05) is 48.5 Å². The lowest BCUT2D eigenvalue weighted by molar-refractivity contribution is -0.158. The summed E-state index contributed by atoms with van der Waals surface area (Å²) in [5.41, 5.74) is 4.96. The van der Waals surface area contributed by atoms with Crippen molar-refractivity contribution in [1.29, 1.82) is 0 Å². The number of hydrogen-bond acceptors (Lipinski definition) is 4. The number of fused-ring (bicyclic) bond motifs is 2. The first-order chi connectivity index (χ1) is 16.2. The van der Waals surface area contributed by atoms with Gasteiger partial charge in [0.05, 0.1) is 5.92 Å². The van der Waals surface area contributed by atoms with Crippen LogP contribution in [0.4, 0.5) is 0 Å². The molecule has 0 saturated heterocycles. The largest absolute Gasteiger partial charge is 0.453 e. The van der Waals surface area contributed by atoms with Crippen molar-refractivity contribution in [2.45, 2.75) is 18.3 Å². The zero-order chi connectivity index (χ0) is 22.4. The first kappa shape index (κ1) is 19.7. The molecule has 162 valence electrons. The Morgan fingerprint density at radius 1 is 0.727 bits per heavy atom. The van der Waals surface area contributed by atoms with E-state index in [-0.39, 0.29) is 23.7 Å². The lowest BCUT2D eigenvalue weighted by atomic mass is 9.59. The van der Waals surface area contributed by atoms with E-state index in [4.69, 9.17) is 9.47 Å². The molecule has 4 aromatic rings. The zero-order valence-electron chi connectivity index (χ0n) is 17.9. The van der Waals surface area contributed by atoms with Gasteiger partial charge in [0, 0.05) is 11.8 Å². The van der Waals surface area contributed by atoms with E-state index in [0.717, 1.165) is 10.8 Å². The third kappa shape index (κ3) is 3.39. The van der Waals surface area contributed by atoms with Gasteiger partial charge in [-0.05, 0) is 51.6 Å². The van der Waals surface area contributed by atoms with E-state index >= 15 is 0 Å². The summed E-state index contributed by atoms with van der Waals surface area (Å²) < 4.78 is 10.9. The van der Waals surface area contributed by atoms with E-state index in [1.165, 1.54) is 22.3 Å². The van der Waals surface area contributed by atoms with Crippen molar-refractivity contribution in [3.8, 4) is 5.75 Å². The molecule has 0 spiro atoms. The third-order valence-corrected chi connectivity index (χ3v) is 6.89. The fraction of sp³-hybridized carbons (Fsp3) is 0.172. The number of hydrogen-bond donors (Lipinski definition) is 0. The first-order valence-corrected chi connectivity index (χ1v) is 11.2. The number of esters is 2. The van der Waals surface area contributed by atoms with Crippen LogP contribution in [0.5, 0.6) is 5.75 Å². The van der Waals surface area contributed by atoms with Crippen molar-refractivity contribution >= 4 is 22.7 Å². The van der Waals surface area contributed by atoms with Gasteiger partial charge >= 0.3 is 11.9 Å². The summed E-state index contributed by atoms with van der Waals surface area (Å²) in [4.78, 5) is 25.5. The monoisotopic (exact) mass is 434 g/mol. The summed E-state index contributed by atoms with van der Waals surface area (Å²) in [5.74, 6) is -0.677. The van der Waals surface area contributed by atoms with Crippen LogP contribution in [0.25, 0.3) is 10.8 Å². The summed E-state index contributed by atoms with van der Waals surface area (Å²) in [6.07, 6.45) is 0.692. The lowest BCUT2D eigenvalue weighted by Gasteiger charge is -2.44. The predicted octanol–water partition coefficient (Wildman–Crippen LogP) is 5.59. The smallest absolute Gasteiger partial charge is 0.349 e. The highest BCUT2D eigenvalue weighted by Gasteiger charge is 2.46. The van der Waals surface area contributed by atoms with Crippen LogP contribution in [0.2, 0.25) is 0 Å². The molecule has 0 aromatic heterocycles. The minimum Gasteiger partial charge on any atom is -0.453 e. The number of ether oxygens (including phenoxy) is 2. The van der Waals surface area contributed by atoms with Gasteiger partial charge in [0.1, 0.15) is 5.75 Å². The third-order valence-electron chi connectivity index (χ3n) is 6.89. The first-order valence-electron chi connectivity index (χ1n) is 11.2. The summed E-state index contributed by atoms with van der Waals surface area (Å²) in [6.45, 7) is -0.400. The molecule has 0 aliphatic heterocycles. The Labute approximate surface area is 191 Å². The molecular formula is C29H22O4. The molecule has 1 atom stereocenters. The molecule has 2 bridgehead atoms. The van der Waals surface area contributed by atoms with Crippen molar-refractivity contribution in [3.63, 3.8) is 0 Å². The van der Waals surface area contributed by atoms with Gasteiger partial charge in [-0.25, -0.2) is 4.79 Å². The molecule has 0 amide bonds. The minimum atomic E-state index is -0.583. The molecule has 3 aliphatic rings. The van der Waals surface area contributed by atoms with E-state index < -0.39 is 12.6 Å². The molecule has 0 heterocycles. The fourth-order valence-electron chi connectivity index (χ4n) is 5.50. The molecule has 4 nitrogen and oxygen atoms in total. The summed E-state index contributed by atoms with van der Waals surface area (Å²) in [7, 11) is 0. The van der Waals surface area contributed by atoms with Crippen LogP contribution >= 0.6 is 0 Å². The van der Waals surface area contributed by atoms with Crippen LogP contribution in [-0.2, 0) is 14.3 Å². The van der Waals surface area contributed by atoms with Gasteiger partial charge in [0.2, 0.25) is 0 Å². The van der Waals surface area contributed by atoms with Crippen molar-refractivity contribution in [2.75, 3.05) is 6.61 Å². The Balaban J connectivity index is 1.17. The maximum atomic E-state index is 13.1. The van der Waals surface area contributed by atoms with Crippen LogP contribution in [0.15, 0.2) is 91.0 Å². The van der Waals surface area contributed by atoms with Crippen molar-refractivity contribution in [1.82, 2.24) is 0 Å². The van der Waals surface area contributed by atoms with Gasteiger partial charge in [-0.3, -0.25) is 4.79 Å². The second kappa shape index (κ2) is 7.89. The van der Waals surface area contributed by atoms with Crippen molar-refractivity contribution in [2.24, 2.45) is 5.92 Å². The quantitative estimate of drug-likeness (QED) is 0.311. The lowest BCUT2D eigenvalue weighted by Crippen LogP contribution is -2.37. The van der Waals surface area contributed by atoms with Crippen molar-refractivity contribution in [3.05, 3.63) is 113 Å². The van der Waals surface area contributed by atoms with Gasteiger partial charge in [0.15, 0.2) is 6.61 Å². The Kier molecular flexibility index (Phi) is 4.72. The van der Waals surface area contributed by atoms with Crippen molar-refractivity contribution < 1.29 is 19.1 Å². The average Bonchev–Trinajstić information content (AvgIpc) is 2.87. The number of benzene rings is 4. The molecule has 4 aromatic carbocycles. The van der Waals surface area contributed by atoms with Crippen LogP contribution < -0.4 is 4.74 Å². The second-order valence-corrected chi connectivity index (χ2v) is 8.72. The van der Waals surface area contributed by atoms with Crippen LogP contribution in [0.3, 0.4) is 0 Å². The van der Waals surface area contributed by atoms with Crippen LogP contribution in [0, 0.1) is 5.92 Å². The van der Waals surface area contributed by atoms with E-state index in [2.05, 4.69) is 36.4 Å². The standard InChI is InChI=1S/C29H22O4/c30-27(33-20-14-13-18-7-1-2-8-19(18)15-20)17-32-29(31)26-16-25-21-9-3-5-11-23(21)28(26)24-12-6-4-10-22(24)25/h1-15,25-26,28H,16-17H2. The maximum absolute atomic E-state index is 13.1. The molecule has 0 fully saturated rings. The zero-order valence-corrected chi connectivity index (χ0v) is 17.9. The highest BCUT2D eigenvalue weighted by atomic mass is 16.6. The van der Waals surface area contributed by atoms with Gasteiger partial charge < -0.3 is 9.47 Å². The van der Waals surface area contributed by atoms with Gasteiger partial charge in [-0.1, -0.05) is 78.9 Å².